The maximum Gasteiger partial charge on any atom is 0.225 e. The Morgan fingerprint density at radius 3 is 2.37 bits per heavy atom. The molecule has 0 spiro atoms. The van der Waals surface area contributed by atoms with Gasteiger partial charge in [0.1, 0.15) is 0 Å². The van der Waals surface area contributed by atoms with E-state index < -0.39 is 0 Å². The van der Waals surface area contributed by atoms with Crippen molar-refractivity contribution in [2.75, 3.05) is 46.4 Å². The number of carbonyl (C=O) groups excluding carboxylic acids is 1. The fourth-order valence-electron chi connectivity index (χ4n) is 2.25. The summed E-state index contributed by atoms with van der Waals surface area (Å²) in [5, 5.41) is 0. The van der Waals surface area contributed by atoms with E-state index in [0.717, 1.165) is 38.6 Å². The molecule has 0 aromatic rings. The lowest BCUT2D eigenvalue weighted by atomic mass is 10.1. The molecule has 1 unspecified atom stereocenters. The lowest BCUT2D eigenvalue weighted by molar-refractivity contribution is -0.135. The van der Waals surface area contributed by atoms with E-state index in [1.165, 1.54) is 6.42 Å². The molecule has 5 nitrogen and oxygen atoms in total. The smallest absolute Gasteiger partial charge is 0.225 e. The molecule has 1 atom stereocenters. The van der Waals surface area contributed by atoms with Crippen molar-refractivity contribution in [3.05, 3.63) is 0 Å². The molecule has 0 saturated carbocycles. The van der Waals surface area contributed by atoms with Crippen LogP contribution in [0.3, 0.4) is 0 Å². The Kier molecular flexibility index (Phi) is 7.34. The van der Waals surface area contributed by atoms with Crippen molar-refractivity contribution in [1.82, 2.24) is 9.80 Å². The van der Waals surface area contributed by atoms with Crippen LogP contribution in [0, 0.1) is 5.92 Å². The highest BCUT2D eigenvalue weighted by Gasteiger charge is 2.22. The van der Waals surface area contributed by atoms with Gasteiger partial charge in [-0.2, -0.15) is 0 Å². The van der Waals surface area contributed by atoms with E-state index in [4.69, 9.17) is 10.5 Å². The number of nitrogens with zero attached hydrogens (tertiary/aromatic N) is 2. The highest BCUT2D eigenvalue weighted by Crippen LogP contribution is 2.08. The minimum atomic E-state index is -0.147. The van der Waals surface area contributed by atoms with Crippen molar-refractivity contribution in [1.29, 1.82) is 0 Å². The average Bonchev–Trinajstić information content (AvgIpc) is 2.42. The van der Waals surface area contributed by atoms with Crippen molar-refractivity contribution in [3.8, 4) is 0 Å². The lowest BCUT2D eigenvalue weighted by Gasteiger charge is -2.35. The predicted octanol–water partition coefficient (Wildman–Crippen LogP) is 0.541. The molecular formula is C14H29N3O2. The summed E-state index contributed by atoms with van der Waals surface area (Å²) in [4.78, 5) is 16.5. The Morgan fingerprint density at radius 2 is 1.89 bits per heavy atom. The van der Waals surface area contributed by atoms with Crippen LogP contribution in [-0.4, -0.2) is 68.2 Å². The maximum absolute atomic E-state index is 12.1. The number of rotatable bonds is 7. The van der Waals surface area contributed by atoms with Gasteiger partial charge in [-0.15, -0.1) is 0 Å². The molecular weight excluding hydrogens is 242 g/mol. The minimum absolute atomic E-state index is 0.147. The first kappa shape index (κ1) is 16.4. The molecule has 5 heteroatoms. The number of amides is 1. The Labute approximate surface area is 117 Å². The number of piperazine rings is 1. The normalized spacial score (nSPS) is 18.9. The first-order chi connectivity index (χ1) is 9.06. The Balaban J connectivity index is 2.27. The molecule has 2 N–H and O–H groups in total. The van der Waals surface area contributed by atoms with Crippen LogP contribution < -0.4 is 5.73 Å². The molecule has 19 heavy (non-hydrogen) atoms. The number of hydrogen-bond donors (Lipinski definition) is 1. The zero-order valence-corrected chi connectivity index (χ0v) is 12.6. The average molecular weight is 271 g/mol. The van der Waals surface area contributed by atoms with Crippen LogP contribution in [0.25, 0.3) is 0 Å². The van der Waals surface area contributed by atoms with E-state index in [0.29, 0.717) is 13.0 Å². The molecule has 1 aliphatic rings. The van der Waals surface area contributed by atoms with Gasteiger partial charge in [-0.3, -0.25) is 9.69 Å². The summed E-state index contributed by atoms with van der Waals surface area (Å²) >= 11 is 0. The number of methoxy groups -OCH3 is 1. The minimum Gasteiger partial charge on any atom is -0.380 e. The Bertz CT molecular complexity index is 259. The molecule has 0 aliphatic carbocycles. The van der Waals surface area contributed by atoms with Gasteiger partial charge in [0.2, 0.25) is 5.91 Å². The van der Waals surface area contributed by atoms with Gasteiger partial charge in [-0.1, -0.05) is 13.8 Å². The third kappa shape index (κ3) is 5.89. The zero-order chi connectivity index (χ0) is 14.3. The first-order valence-corrected chi connectivity index (χ1v) is 7.29. The third-order valence-corrected chi connectivity index (χ3v) is 3.75. The molecule has 0 radical (unpaired) electrons. The molecule has 0 aromatic carbocycles. The maximum atomic E-state index is 12.1. The molecule has 0 aromatic heterocycles. The fourth-order valence-corrected chi connectivity index (χ4v) is 2.25. The van der Waals surface area contributed by atoms with Crippen LogP contribution in [0.1, 0.15) is 26.7 Å². The van der Waals surface area contributed by atoms with E-state index in [-0.39, 0.29) is 12.0 Å². The van der Waals surface area contributed by atoms with Crippen molar-refractivity contribution >= 4 is 5.91 Å². The number of hydrogen-bond acceptors (Lipinski definition) is 4. The van der Waals surface area contributed by atoms with Crippen molar-refractivity contribution in [2.24, 2.45) is 11.7 Å². The molecule has 1 fully saturated rings. The molecule has 1 amide bonds. The van der Waals surface area contributed by atoms with E-state index in [9.17, 15) is 4.79 Å². The fraction of sp³-hybridized carbons (Fsp3) is 0.929. The number of nitrogens with two attached hydrogens (primary N) is 1. The molecule has 1 saturated heterocycles. The number of ether oxygens (including phenoxy) is 1. The highest BCUT2D eigenvalue weighted by atomic mass is 16.5. The van der Waals surface area contributed by atoms with Gasteiger partial charge in [0.05, 0.1) is 12.5 Å². The standard InChI is InChI=1S/C14H29N3O2/c1-12(2)4-5-16-6-8-17(9-7-16)14(18)10-13(11-15)19-3/h12-13H,4-11,15H2,1-3H3. The van der Waals surface area contributed by atoms with Gasteiger partial charge in [-0.25, -0.2) is 0 Å². The zero-order valence-electron chi connectivity index (χ0n) is 12.6. The van der Waals surface area contributed by atoms with Crippen LogP contribution in [-0.2, 0) is 9.53 Å². The van der Waals surface area contributed by atoms with Gasteiger partial charge < -0.3 is 15.4 Å². The van der Waals surface area contributed by atoms with Crippen molar-refractivity contribution in [3.63, 3.8) is 0 Å². The summed E-state index contributed by atoms with van der Waals surface area (Å²) in [6.45, 7) is 9.67. The van der Waals surface area contributed by atoms with Crippen LogP contribution >= 0.6 is 0 Å². The van der Waals surface area contributed by atoms with Gasteiger partial charge in [0, 0.05) is 39.8 Å². The van der Waals surface area contributed by atoms with Crippen molar-refractivity contribution in [2.45, 2.75) is 32.8 Å². The summed E-state index contributed by atoms with van der Waals surface area (Å²) in [7, 11) is 1.61. The van der Waals surface area contributed by atoms with Gasteiger partial charge in [-0.05, 0) is 18.9 Å². The van der Waals surface area contributed by atoms with Gasteiger partial charge in [0.15, 0.2) is 0 Å². The van der Waals surface area contributed by atoms with E-state index >= 15 is 0 Å². The summed E-state index contributed by atoms with van der Waals surface area (Å²) in [6.07, 6.45) is 1.48. The summed E-state index contributed by atoms with van der Waals surface area (Å²) in [6, 6.07) is 0. The SMILES string of the molecule is COC(CN)CC(=O)N1CCN(CCC(C)C)CC1. The Hall–Kier alpha value is -0.650. The second kappa shape index (κ2) is 8.51. The molecule has 0 bridgehead atoms. The van der Waals surface area contributed by atoms with E-state index in [1.807, 2.05) is 4.90 Å². The second-order valence-electron chi connectivity index (χ2n) is 5.70. The largest absolute Gasteiger partial charge is 0.380 e. The summed E-state index contributed by atoms with van der Waals surface area (Å²) < 4.78 is 5.16. The topological polar surface area (TPSA) is 58.8 Å². The number of carbonyl (C=O) groups is 1. The van der Waals surface area contributed by atoms with Crippen LogP contribution in [0.15, 0.2) is 0 Å². The summed E-state index contributed by atoms with van der Waals surface area (Å²) in [5.74, 6) is 0.910. The van der Waals surface area contributed by atoms with Crippen LogP contribution in [0.5, 0.6) is 0 Å². The van der Waals surface area contributed by atoms with E-state index in [1.54, 1.807) is 7.11 Å². The summed E-state index contributed by atoms with van der Waals surface area (Å²) in [5.41, 5.74) is 5.55. The lowest BCUT2D eigenvalue weighted by Crippen LogP contribution is -2.49. The Morgan fingerprint density at radius 1 is 1.26 bits per heavy atom. The van der Waals surface area contributed by atoms with Gasteiger partial charge >= 0.3 is 0 Å². The molecule has 1 heterocycles. The molecule has 1 rings (SSSR count). The predicted molar refractivity (Wildman–Crippen MR) is 76.9 cm³/mol. The van der Waals surface area contributed by atoms with E-state index in [2.05, 4.69) is 18.7 Å². The quantitative estimate of drug-likeness (QED) is 0.734. The second-order valence-corrected chi connectivity index (χ2v) is 5.70. The van der Waals surface area contributed by atoms with Crippen LogP contribution in [0.2, 0.25) is 0 Å². The third-order valence-electron chi connectivity index (χ3n) is 3.75. The highest BCUT2D eigenvalue weighted by molar-refractivity contribution is 5.76. The van der Waals surface area contributed by atoms with Crippen molar-refractivity contribution < 1.29 is 9.53 Å². The molecule has 1 aliphatic heterocycles. The monoisotopic (exact) mass is 271 g/mol. The van der Waals surface area contributed by atoms with Gasteiger partial charge in [0.25, 0.3) is 0 Å². The first-order valence-electron chi connectivity index (χ1n) is 7.29. The van der Waals surface area contributed by atoms with Crippen LogP contribution in [0.4, 0.5) is 0 Å². The molecule has 112 valence electrons.